The second-order valence-corrected chi connectivity index (χ2v) is 5.42. The summed E-state index contributed by atoms with van der Waals surface area (Å²) in [6, 6.07) is 0. The summed E-state index contributed by atoms with van der Waals surface area (Å²) in [5, 5.41) is 8.84. The third-order valence-corrected chi connectivity index (χ3v) is 3.90. The molecule has 12 heavy (non-hydrogen) atoms. The predicted octanol–water partition coefficient (Wildman–Crippen LogP) is -0.432. The highest BCUT2D eigenvalue weighted by molar-refractivity contribution is 7.87. The normalized spacial score (nSPS) is 18.8. The molecule has 0 spiro atoms. The molecule has 0 aliphatic heterocycles. The molecule has 4 N–H and O–H groups in total. The minimum atomic E-state index is -4.35. The van der Waals surface area contributed by atoms with Gasteiger partial charge in [0.05, 0.1) is 6.61 Å². The highest BCUT2D eigenvalue weighted by Crippen LogP contribution is 2.31. The largest absolute Gasteiger partial charge is 0.396 e. The van der Waals surface area contributed by atoms with Crippen molar-refractivity contribution in [2.75, 3.05) is 6.61 Å². The first-order valence-electron chi connectivity index (χ1n) is 3.43. The van der Waals surface area contributed by atoms with Gasteiger partial charge in [-0.3, -0.25) is 4.55 Å². The van der Waals surface area contributed by atoms with Crippen LogP contribution in [0, 0.1) is 5.41 Å². The molecule has 0 saturated carbocycles. The molecule has 0 aromatic heterocycles. The van der Waals surface area contributed by atoms with Crippen LogP contribution in [-0.2, 0) is 10.1 Å². The van der Waals surface area contributed by atoms with Gasteiger partial charge >= 0.3 is 0 Å². The highest BCUT2D eigenvalue weighted by atomic mass is 32.2. The van der Waals surface area contributed by atoms with Crippen molar-refractivity contribution >= 4 is 10.1 Å². The Morgan fingerprint density at radius 3 is 1.75 bits per heavy atom. The van der Waals surface area contributed by atoms with Gasteiger partial charge in [-0.05, 0) is 6.92 Å². The number of hydrogen-bond donors (Lipinski definition) is 3. The third kappa shape index (κ3) is 1.77. The Kier molecular flexibility index (Phi) is 2.91. The van der Waals surface area contributed by atoms with Gasteiger partial charge in [-0.2, -0.15) is 8.42 Å². The fourth-order valence-corrected chi connectivity index (χ4v) is 1.27. The Bertz CT molecular complexity index is 255. The van der Waals surface area contributed by atoms with E-state index >= 15 is 0 Å². The topological polar surface area (TPSA) is 101 Å². The first-order chi connectivity index (χ1) is 5.06. The van der Waals surface area contributed by atoms with Crippen molar-refractivity contribution in [2.24, 2.45) is 11.1 Å². The predicted molar refractivity (Wildman–Crippen MR) is 45.0 cm³/mol. The Morgan fingerprint density at radius 2 is 1.67 bits per heavy atom. The van der Waals surface area contributed by atoms with E-state index in [4.69, 9.17) is 15.4 Å². The fraction of sp³-hybridized carbons (Fsp3) is 1.00. The van der Waals surface area contributed by atoms with E-state index in [2.05, 4.69) is 0 Å². The van der Waals surface area contributed by atoms with Crippen molar-refractivity contribution < 1.29 is 18.1 Å². The van der Waals surface area contributed by atoms with Gasteiger partial charge in [-0.15, -0.1) is 0 Å². The second kappa shape index (κ2) is 2.95. The maximum atomic E-state index is 10.8. The smallest absolute Gasteiger partial charge is 0.284 e. The molecule has 0 aliphatic rings. The SMILES string of the molecule is CC(C)(CO)C(C)(N)S(=O)(=O)O. The summed E-state index contributed by atoms with van der Waals surface area (Å²) in [5.41, 5.74) is 4.30. The molecule has 0 heterocycles. The molecule has 1 unspecified atom stereocenters. The standard InChI is InChI=1S/C6H15NO4S/c1-5(2,4-8)6(3,7)12(9,10)11/h8H,4,7H2,1-3H3,(H,9,10,11). The van der Waals surface area contributed by atoms with Crippen LogP contribution in [0.1, 0.15) is 20.8 Å². The maximum Gasteiger partial charge on any atom is 0.284 e. The van der Waals surface area contributed by atoms with Crippen molar-refractivity contribution in [1.29, 1.82) is 0 Å². The highest BCUT2D eigenvalue weighted by Gasteiger charge is 2.47. The summed E-state index contributed by atoms with van der Waals surface area (Å²) >= 11 is 0. The summed E-state index contributed by atoms with van der Waals surface area (Å²) in [6.07, 6.45) is 0. The maximum absolute atomic E-state index is 10.8. The van der Waals surface area contributed by atoms with E-state index in [1.165, 1.54) is 20.8 Å². The minimum Gasteiger partial charge on any atom is -0.396 e. The first-order valence-corrected chi connectivity index (χ1v) is 4.87. The molecule has 5 nitrogen and oxygen atoms in total. The second-order valence-electron chi connectivity index (χ2n) is 3.62. The molecule has 0 radical (unpaired) electrons. The summed E-state index contributed by atoms with van der Waals surface area (Å²) in [7, 11) is -4.35. The molecular formula is C6H15NO4S. The lowest BCUT2D eigenvalue weighted by atomic mass is 9.86. The summed E-state index contributed by atoms with van der Waals surface area (Å²) < 4.78 is 30.3. The molecule has 0 aromatic rings. The van der Waals surface area contributed by atoms with Gasteiger partial charge in [0.25, 0.3) is 10.1 Å². The molecule has 6 heteroatoms. The van der Waals surface area contributed by atoms with E-state index in [-0.39, 0.29) is 0 Å². The van der Waals surface area contributed by atoms with E-state index in [1.807, 2.05) is 0 Å². The minimum absolute atomic E-state index is 0.417. The monoisotopic (exact) mass is 197 g/mol. The molecule has 0 amide bonds. The van der Waals surface area contributed by atoms with Crippen molar-refractivity contribution in [2.45, 2.75) is 25.6 Å². The zero-order valence-corrected chi connectivity index (χ0v) is 8.22. The van der Waals surface area contributed by atoms with Crippen LogP contribution < -0.4 is 5.73 Å². The number of aliphatic hydroxyl groups excluding tert-OH is 1. The quantitative estimate of drug-likeness (QED) is 0.533. The Morgan fingerprint density at radius 1 is 1.33 bits per heavy atom. The summed E-state index contributed by atoms with van der Waals surface area (Å²) in [6.45, 7) is 3.67. The van der Waals surface area contributed by atoms with Gasteiger partial charge in [-0.1, -0.05) is 13.8 Å². The van der Waals surface area contributed by atoms with Gasteiger partial charge < -0.3 is 10.8 Å². The van der Waals surface area contributed by atoms with Crippen LogP contribution in [0.4, 0.5) is 0 Å². The lowest BCUT2D eigenvalue weighted by Crippen LogP contribution is -2.57. The van der Waals surface area contributed by atoms with E-state index < -0.39 is 27.0 Å². The molecule has 0 saturated heterocycles. The molecule has 0 aliphatic carbocycles. The molecule has 74 valence electrons. The van der Waals surface area contributed by atoms with E-state index in [9.17, 15) is 8.42 Å². The molecule has 0 fully saturated rings. The van der Waals surface area contributed by atoms with Crippen molar-refractivity contribution in [3.63, 3.8) is 0 Å². The third-order valence-electron chi connectivity index (χ3n) is 2.27. The summed E-state index contributed by atoms with van der Waals surface area (Å²) in [5.74, 6) is 0. The van der Waals surface area contributed by atoms with Crippen LogP contribution in [0.25, 0.3) is 0 Å². The molecule has 1 atom stereocenters. The van der Waals surface area contributed by atoms with Crippen molar-refractivity contribution in [3.8, 4) is 0 Å². The van der Waals surface area contributed by atoms with Gasteiger partial charge in [0, 0.05) is 5.41 Å². The molecule has 0 aromatic carbocycles. The van der Waals surface area contributed by atoms with E-state index in [1.54, 1.807) is 0 Å². The number of nitrogens with two attached hydrogens (primary N) is 1. The lowest BCUT2D eigenvalue weighted by Gasteiger charge is -2.36. The zero-order valence-electron chi connectivity index (χ0n) is 7.40. The van der Waals surface area contributed by atoms with Crippen molar-refractivity contribution in [1.82, 2.24) is 0 Å². The van der Waals surface area contributed by atoms with Gasteiger partial charge in [-0.25, -0.2) is 0 Å². The first kappa shape index (κ1) is 11.8. The molecule has 0 rings (SSSR count). The van der Waals surface area contributed by atoms with Gasteiger partial charge in [0.1, 0.15) is 4.87 Å². The average Bonchev–Trinajstić information content (AvgIpc) is 1.85. The molecule has 0 bridgehead atoms. The summed E-state index contributed by atoms with van der Waals surface area (Å²) in [4.78, 5) is -1.84. The number of hydrogen-bond acceptors (Lipinski definition) is 4. The zero-order chi connectivity index (χ0) is 10.2. The van der Waals surface area contributed by atoms with E-state index in [0.717, 1.165) is 0 Å². The number of rotatable bonds is 3. The van der Waals surface area contributed by atoms with E-state index in [0.29, 0.717) is 0 Å². The van der Waals surface area contributed by atoms with Crippen molar-refractivity contribution in [3.05, 3.63) is 0 Å². The fourth-order valence-electron chi connectivity index (χ4n) is 0.506. The van der Waals surface area contributed by atoms with Crippen LogP contribution >= 0.6 is 0 Å². The van der Waals surface area contributed by atoms with Crippen LogP contribution in [0.3, 0.4) is 0 Å². The Labute approximate surface area is 72.3 Å². The average molecular weight is 197 g/mol. The number of aliphatic hydroxyl groups is 1. The molecular weight excluding hydrogens is 182 g/mol. The van der Waals surface area contributed by atoms with Gasteiger partial charge in [0.2, 0.25) is 0 Å². The van der Waals surface area contributed by atoms with Crippen LogP contribution in [0.15, 0.2) is 0 Å². The van der Waals surface area contributed by atoms with Gasteiger partial charge in [0.15, 0.2) is 0 Å². The van der Waals surface area contributed by atoms with Crippen LogP contribution in [-0.4, -0.2) is 29.6 Å². The van der Waals surface area contributed by atoms with Crippen LogP contribution in [0.5, 0.6) is 0 Å². The lowest BCUT2D eigenvalue weighted by molar-refractivity contribution is 0.116. The Balaban J connectivity index is 5.13. The Hall–Kier alpha value is -0.170. The van der Waals surface area contributed by atoms with Crippen LogP contribution in [0.2, 0.25) is 0 Å².